The van der Waals surface area contributed by atoms with Crippen LogP contribution in [-0.4, -0.2) is 66.3 Å². The van der Waals surface area contributed by atoms with Gasteiger partial charge in [0.2, 0.25) is 0 Å². The van der Waals surface area contributed by atoms with Crippen molar-refractivity contribution < 1.29 is 24.2 Å². The van der Waals surface area contributed by atoms with Crippen molar-refractivity contribution in [2.45, 2.75) is 64.3 Å². The Kier molecular flexibility index (Phi) is 11.0. The second kappa shape index (κ2) is 14.7. The fourth-order valence-electron chi connectivity index (χ4n) is 5.38. The molecular formula is C34H42ClN3O5. The number of carboxylic acid groups (broad SMARTS) is 1. The molecule has 0 aliphatic heterocycles. The summed E-state index contributed by atoms with van der Waals surface area (Å²) in [7, 11) is 4.03. The Balaban J connectivity index is 1.77. The third kappa shape index (κ3) is 8.06. The zero-order valence-electron chi connectivity index (χ0n) is 25.5. The van der Waals surface area contributed by atoms with Crippen LogP contribution in [0.25, 0.3) is 22.4 Å². The summed E-state index contributed by atoms with van der Waals surface area (Å²) in [5.41, 5.74) is 2.89. The van der Waals surface area contributed by atoms with Gasteiger partial charge in [0.05, 0.1) is 23.9 Å². The molecule has 230 valence electrons. The van der Waals surface area contributed by atoms with E-state index in [-0.39, 0.29) is 5.69 Å². The second-order valence-corrected chi connectivity index (χ2v) is 11.9. The summed E-state index contributed by atoms with van der Waals surface area (Å²) >= 11 is 6.52. The topological polar surface area (TPSA) is 101 Å². The molecule has 43 heavy (non-hydrogen) atoms. The quantitative estimate of drug-likeness (QED) is 0.201. The van der Waals surface area contributed by atoms with Gasteiger partial charge in [0.15, 0.2) is 0 Å². The second-order valence-electron chi connectivity index (χ2n) is 11.5. The molecule has 1 aliphatic carbocycles. The van der Waals surface area contributed by atoms with Gasteiger partial charge in [-0.3, -0.25) is 4.79 Å². The zero-order chi connectivity index (χ0) is 31.0. The van der Waals surface area contributed by atoms with Crippen molar-refractivity contribution in [3.63, 3.8) is 0 Å². The molecule has 0 saturated heterocycles. The maximum Gasteiger partial charge on any atom is 0.329 e. The van der Waals surface area contributed by atoms with Crippen LogP contribution in [0.1, 0.15) is 67.9 Å². The molecule has 1 amide bonds. The van der Waals surface area contributed by atoms with Gasteiger partial charge in [-0.25, -0.2) is 9.78 Å². The predicted octanol–water partition coefficient (Wildman–Crippen LogP) is 7.01. The van der Waals surface area contributed by atoms with Crippen molar-refractivity contribution in [3.05, 3.63) is 64.8 Å². The predicted molar refractivity (Wildman–Crippen MR) is 170 cm³/mol. The average Bonchev–Trinajstić information content (AvgIpc) is 2.99. The van der Waals surface area contributed by atoms with Crippen molar-refractivity contribution >= 4 is 23.5 Å². The van der Waals surface area contributed by atoms with Crippen molar-refractivity contribution in [1.82, 2.24) is 15.2 Å². The van der Waals surface area contributed by atoms with E-state index in [1.165, 1.54) is 0 Å². The third-order valence-corrected chi connectivity index (χ3v) is 8.09. The molecule has 2 N–H and O–H groups in total. The first-order valence-electron chi connectivity index (χ1n) is 15.0. The molecule has 1 fully saturated rings. The van der Waals surface area contributed by atoms with E-state index in [2.05, 4.69) is 17.1 Å². The molecule has 0 radical (unpaired) electrons. The number of benzene rings is 2. The number of aryl methyl sites for hydroxylation is 1. The van der Waals surface area contributed by atoms with Gasteiger partial charge < -0.3 is 24.8 Å². The van der Waals surface area contributed by atoms with Crippen molar-refractivity contribution in [2.75, 3.05) is 33.9 Å². The minimum absolute atomic E-state index is 0.143. The average molecular weight is 608 g/mol. The monoisotopic (exact) mass is 607 g/mol. The SMILES string of the molecule is CCCOc1ccc(C)c(-c2ccc(C(=O)NC3(C(=O)O)CCCCC3)nc2-c2ccc(Cl)c(OCCCN(C)C)c2)c1. The maximum absolute atomic E-state index is 13.5. The molecule has 1 aliphatic rings. The number of aromatic nitrogens is 1. The number of aliphatic carboxylic acids is 1. The Morgan fingerprint density at radius 3 is 2.47 bits per heavy atom. The van der Waals surface area contributed by atoms with Crippen molar-refractivity contribution in [1.29, 1.82) is 0 Å². The molecule has 1 heterocycles. The van der Waals surface area contributed by atoms with Gasteiger partial charge in [0.25, 0.3) is 5.91 Å². The normalized spacial score (nSPS) is 14.4. The summed E-state index contributed by atoms with van der Waals surface area (Å²) in [5, 5.41) is 13.3. The fraction of sp³-hybridized carbons (Fsp3) is 0.441. The molecular weight excluding hydrogens is 566 g/mol. The Morgan fingerprint density at radius 2 is 1.77 bits per heavy atom. The third-order valence-electron chi connectivity index (χ3n) is 7.78. The van der Waals surface area contributed by atoms with E-state index in [1.54, 1.807) is 12.1 Å². The lowest BCUT2D eigenvalue weighted by Gasteiger charge is -2.33. The molecule has 9 heteroatoms. The highest BCUT2D eigenvalue weighted by Gasteiger charge is 2.41. The van der Waals surface area contributed by atoms with Gasteiger partial charge in [-0.15, -0.1) is 0 Å². The highest BCUT2D eigenvalue weighted by molar-refractivity contribution is 6.32. The summed E-state index contributed by atoms with van der Waals surface area (Å²) in [6.45, 7) is 6.06. The maximum atomic E-state index is 13.5. The van der Waals surface area contributed by atoms with Crippen LogP contribution >= 0.6 is 11.6 Å². The van der Waals surface area contributed by atoms with E-state index < -0.39 is 17.4 Å². The smallest absolute Gasteiger partial charge is 0.329 e. The summed E-state index contributed by atoms with van der Waals surface area (Å²) in [5.74, 6) is -0.241. The molecule has 1 saturated carbocycles. The number of pyridine rings is 1. The van der Waals surface area contributed by atoms with Crippen molar-refractivity contribution in [3.8, 4) is 33.9 Å². The van der Waals surface area contributed by atoms with Crippen LogP contribution < -0.4 is 14.8 Å². The van der Waals surface area contributed by atoms with E-state index in [4.69, 9.17) is 26.1 Å². The number of carbonyl (C=O) groups is 2. The van der Waals surface area contributed by atoms with Crippen LogP contribution in [0.5, 0.6) is 11.5 Å². The van der Waals surface area contributed by atoms with Crippen LogP contribution in [0.3, 0.4) is 0 Å². The number of nitrogens with one attached hydrogen (secondary N) is 1. The van der Waals surface area contributed by atoms with Gasteiger partial charge in [-0.2, -0.15) is 0 Å². The summed E-state index contributed by atoms with van der Waals surface area (Å²) in [6, 6.07) is 14.9. The number of carbonyl (C=O) groups excluding carboxylic acids is 1. The van der Waals surface area contributed by atoms with Gasteiger partial charge in [-0.1, -0.05) is 49.9 Å². The lowest BCUT2D eigenvalue weighted by Crippen LogP contribution is -2.55. The van der Waals surface area contributed by atoms with Crippen LogP contribution in [0.4, 0.5) is 0 Å². The number of rotatable bonds is 13. The molecule has 0 spiro atoms. The number of halogens is 1. The Bertz CT molecular complexity index is 1440. The molecule has 4 rings (SSSR count). The first kappa shape index (κ1) is 32.3. The van der Waals surface area contributed by atoms with Crippen molar-refractivity contribution in [2.24, 2.45) is 0 Å². The molecule has 0 unspecified atom stereocenters. The number of amides is 1. The molecule has 8 nitrogen and oxygen atoms in total. The van der Waals surface area contributed by atoms with Crippen LogP contribution in [0, 0.1) is 6.92 Å². The Hall–Kier alpha value is -3.62. The Labute approximate surface area is 259 Å². The fourth-order valence-corrected chi connectivity index (χ4v) is 5.55. The Morgan fingerprint density at radius 1 is 1.00 bits per heavy atom. The van der Waals surface area contributed by atoms with Gasteiger partial charge in [0, 0.05) is 17.7 Å². The highest BCUT2D eigenvalue weighted by Crippen LogP contribution is 2.38. The van der Waals surface area contributed by atoms with E-state index >= 15 is 0 Å². The number of nitrogens with zero attached hydrogens (tertiary/aromatic N) is 2. The van der Waals surface area contributed by atoms with Crippen LogP contribution in [0.2, 0.25) is 5.02 Å². The summed E-state index contributed by atoms with van der Waals surface area (Å²) in [4.78, 5) is 32.7. The first-order chi connectivity index (χ1) is 20.6. The van der Waals surface area contributed by atoms with Gasteiger partial charge >= 0.3 is 5.97 Å². The molecule has 0 atom stereocenters. The zero-order valence-corrected chi connectivity index (χ0v) is 26.3. The van der Waals surface area contributed by atoms with E-state index in [9.17, 15) is 14.7 Å². The summed E-state index contributed by atoms with van der Waals surface area (Å²) < 4.78 is 12.0. The standard InChI is InChI=1S/C34H42ClN3O5/c1-5-19-42-25-12-10-23(2)27(22-25)26-13-15-29(32(39)37-34(33(40)41)16-7-6-8-17-34)36-31(26)24-11-14-28(35)30(21-24)43-20-9-18-38(3)4/h10-15,21-22H,5-9,16-20H2,1-4H3,(H,37,39)(H,40,41). The molecule has 2 aromatic carbocycles. The first-order valence-corrected chi connectivity index (χ1v) is 15.4. The number of hydrogen-bond donors (Lipinski definition) is 2. The lowest BCUT2D eigenvalue weighted by atomic mass is 9.81. The van der Waals surface area contributed by atoms with Gasteiger partial charge in [0.1, 0.15) is 22.7 Å². The highest BCUT2D eigenvalue weighted by atomic mass is 35.5. The molecule has 1 aromatic heterocycles. The molecule has 0 bridgehead atoms. The van der Waals surface area contributed by atoms with Crippen LogP contribution in [-0.2, 0) is 4.79 Å². The summed E-state index contributed by atoms with van der Waals surface area (Å²) in [6.07, 6.45) is 4.98. The molecule has 3 aromatic rings. The number of carboxylic acids is 1. The largest absolute Gasteiger partial charge is 0.494 e. The minimum atomic E-state index is -1.29. The van der Waals surface area contributed by atoms with Crippen LogP contribution in [0.15, 0.2) is 48.5 Å². The van der Waals surface area contributed by atoms with E-state index in [1.807, 2.05) is 57.4 Å². The number of hydrogen-bond acceptors (Lipinski definition) is 6. The minimum Gasteiger partial charge on any atom is -0.494 e. The van der Waals surface area contributed by atoms with E-state index in [0.29, 0.717) is 42.5 Å². The number of ether oxygens (including phenoxy) is 2. The lowest BCUT2D eigenvalue weighted by molar-refractivity contribution is -0.145. The van der Waals surface area contributed by atoms with E-state index in [0.717, 1.165) is 66.7 Å². The van der Waals surface area contributed by atoms with Gasteiger partial charge in [-0.05, 0) is 94.2 Å².